The second kappa shape index (κ2) is 10.9. The van der Waals surface area contributed by atoms with Crippen molar-refractivity contribution in [3.05, 3.63) is 60.5 Å². The molecular formula is C24H27FN4O4. The molecule has 1 aromatic heterocycles. The molecule has 0 bridgehead atoms. The second-order valence-corrected chi connectivity index (χ2v) is 7.64. The minimum atomic E-state index is -0.359. The van der Waals surface area contributed by atoms with E-state index in [0.29, 0.717) is 23.8 Å². The first-order valence-corrected chi connectivity index (χ1v) is 10.8. The summed E-state index contributed by atoms with van der Waals surface area (Å²) in [5.41, 5.74) is 2.31. The molecule has 33 heavy (non-hydrogen) atoms. The number of hydrogen-bond donors (Lipinski definition) is 1. The van der Waals surface area contributed by atoms with Gasteiger partial charge in [-0.15, -0.1) is 0 Å². The lowest BCUT2D eigenvalue weighted by Crippen LogP contribution is -2.38. The molecule has 4 rings (SSSR count). The molecule has 0 unspecified atom stereocenters. The average molecular weight is 455 g/mol. The van der Waals surface area contributed by atoms with Crippen LogP contribution in [0.2, 0.25) is 0 Å². The van der Waals surface area contributed by atoms with Crippen LogP contribution in [0.1, 0.15) is 0 Å². The van der Waals surface area contributed by atoms with Crippen LogP contribution in [0.3, 0.4) is 0 Å². The number of morpholine rings is 1. The van der Waals surface area contributed by atoms with Gasteiger partial charge in [0.2, 0.25) is 0 Å². The van der Waals surface area contributed by atoms with Gasteiger partial charge in [-0.25, -0.2) is 4.39 Å². The van der Waals surface area contributed by atoms with Gasteiger partial charge in [0.1, 0.15) is 23.9 Å². The molecule has 1 N–H and O–H groups in total. The van der Waals surface area contributed by atoms with Gasteiger partial charge >= 0.3 is 0 Å². The maximum absolute atomic E-state index is 13.0. The molecule has 0 atom stereocenters. The van der Waals surface area contributed by atoms with Gasteiger partial charge in [0, 0.05) is 44.1 Å². The second-order valence-electron chi connectivity index (χ2n) is 7.64. The van der Waals surface area contributed by atoms with E-state index in [4.69, 9.17) is 14.2 Å². The van der Waals surface area contributed by atoms with E-state index < -0.39 is 0 Å². The summed E-state index contributed by atoms with van der Waals surface area (Å²) in [4.78, 5) is 14.7. The number of rotatable bonds is 9. The van der Waals surface area contributed by atoms with Crippen LogP contribution in [-0.4, -0.2) is 66.6 Å². The molecule has 3 aromatic rings. The number of halogens is 1. The Kier molecular flexibility index (Phi) is 7.54. The molecule has 1 fully saturated rings. The highest BCUT2D eigenvalue weighted by Crippen LogP contribution is 2.32. The SMILES string of the molecule is Cn1nccc1-c1cc(NC(=O)COc2ccc(F)cc2)ccc1OCCN1CCOCC1. The molecule has 8 nitrogen and oxygen atoms in total. The molecule has 0 aliphatic carbocycles. The highest BCUT2D eigenvalue weighted by Gasteiger charge is 2.15. The Balaban J connectivity index is 1.41. The van der Waals surface area contributed by atoms with E-state index >= 15 is 0 Å². The highest BCUT2D eigenvalue weighted by molar-refractivity contribution is 5.93. The maximum Gasteiger partial charge on any atom is 0.262 e. The van der Waals surface area contributed by atoms with Crippen molar-refractivity contribution in [2.45, 2.75) is 0 Å². The topological polar surface area (TPSA) is 77.9 Å². The van der Waals surface area contributed by atoms with Crippen LogP contribution < -0.4 is 14.8 Å². The number of nitrogens with zero attached hydrogens (tertiary/aromatic N) is 3. The lowest BCUT2D eigenvalue weighted by molar-refractivity contribution is -0.118. The van der Waals surface area contributed by atoms with Crippen molar-refractivity contribution in [3.63, 3.8) is 0 Å². The number of hydrogen-bond acceptors (Lipinski definition) is 6. The van der Waals surface area contributed by atoms with E-state index in [1.54, 1.807) is 16.9 Å². The summed E-state index contributed by atoms with van der Waals surface area (Å²) in [5, 5.41) is 7.09. The smallest absolute Gasteiger partial charge is 0.262 e. The fourth-order valence-electron chi connectivity index (χ4n) is 3.56. The van der Waals surface area contributed by atoms with E-state index in [1.807, 2.05) is 25.2 Å². The molecular weight excluding hydrogens is 427 g/mol. The Labute approximate surface area is 191 Å². The van der Waals surface area contributed by atoms with Crippen LogP contribution in [0.4, 0.5) is 10.1 Å². The number of aromatic nitrogens is 2. The van der Waals surface area contributed by atoms with Gasteiger partial charge in [-0.05, 0) is 48.5 Å². The van der Waals surface area contributed by atoms with E-state index in [0.717, 1.165) is 44.1 Å². The van der Waals surface area contributed by atoms with E-state index in [9.17, 15) is 9.18 Å². The predicted octanol–water partition coefficient (Wildman–Crippen LogP) is 2.95. The highest BCUT2D eigenvalue weighted by atomic mass is 19.1. The Bertz CT molecular complexity index is 1060. The van der Waals surface area contributed by atoms with Gasteiger partial charge in [-0.3, -0.25) is 14.4 Å². The van der Waals surface area contributed by atoms with Crippen molar-refractivity contribution in [2.75, 3.05) is 51.4 Å². The van der Waals surface area contributed by atoms with Crippen molar-refractivity contribution in [2.24, 2.45) is 7.05 Å². The van der Waals surface area contributed by atoms with Crippen molar-refractivity contribution < 1.29 is 23.4 Å². The first kappa shape index (κ1) is 22.8. The molecule has 174 valence electrons. The predicted molar refractivity (Wildman–Crippen MR) is 122 cm³/mol. The number of aryl methyl sites for hydroxylation is 1. The molecule has 9 heteroatoms. The summed E-state index contributed by atoms with van der Waals surface area (Å²) in [6.45, 7) is 4.48. The summed E-state index contributed by atoms with van der Waals surface area (Å²) in [6.07, 6.45) is 1.72. The molecule has 2 heterocycles. The van der Waals surface area contributed by atoms with Crippen LogP contribution in [-0.2, 0) is 16.6 Å². The minimum absolute atomic E-state index is 0.190. The average Bonchev–Trinajstić information content (AvgIpc) is 3.26. The number of amides is 1. The third kappa shape index (κ3) is 6.30. The van der Waals surface area contributed by atoms with Crippen molar-refractivity contribution in [1.29, 1.82) is 0 Å². The molecule has 1 aliphatic rings. The molecule has 1 saturated heterocycles. The quantitative estimate of drug-likeness (QED) is 0.536. The monoisotopic (exact) mass is 454 g/mol. The van der Waals surface area contributed by atoms with Gasteiger partial charge in [0.15, 0.2) is 6.61 Å². The zero-order chi connectivity index (χ0) is 23.0. The lowest BCUT2D eigenvalue weighted by Gasteiger charge is -2.26. The van der Waals surface area contributed by atoms with Crippen LogP contribution >= 0.6 is 0 Å². The van der Waals surface area contributed by atoms with Crippen LogP contribution in [0.25, 0.3) is 11.3 Å². The molecule has 2 aromatic carbocycles. The van der Waals surface area contributed by atoms with E-state index in [2.05, 4.69) is 15.3 Å². The summed E-state index contributed by atoms with van der Waals surface area (Å²) >= 11 is 0. The van der Waals surface area contributed by atoms with Crippen molar-refractivity contribution in [1.82, 2.24) is 14.7 Å². The Morgan fingerprint density at radius 2 is 1.91 bits per heavy atom. The van der Waals surface area contributed by atoms with Crippen molar-refractivity contribution in [3.8, 4) is 22.8 Å². The van der Waals surface area contributed by atoms with Gasteiger partial charge in [-0.2, -0.15) is 5.10 Å². The lowest BCUT2D eigenvalue weighted by atomic mass is 10.1. The zero-order valence-electron chi connectivity index (χ0n) is 18.5. The summed E-state index contributed by atoms with van der Waals surface area (Å²) < 4.78 is 31.7. The fraction of sp³-hybridized carbons (Fsp3) is 0.333. The first-order chi connectivity index (χ1) is 16.1. The Morgan fingerprint density at radius 3 is 2.64 bits per heavy atom. The molecule has 1 amide bonds. The Hall–Kier alpha value is -3.43. The fourth-order valence-corrected chi connectivity index (χ4v) is 3.56. The largest absolute Gasteiger partial charge is 0.492 e. The van der Waals surface area contributed by atoms with Gasteiger partial charge in [-0.1, -0.05) is 0 Å². The van der Waals surface area contributed by atoms with Crippen LogP contribution in [0.5, 0.6) is 11.5 Å². The maximum atomic E-state index is 13.0. The third-order valence-electron chi connectivity index (χ3n) is 5.31. The number of benzene rings is 2. The van der Waals surface area contributed by atoms with E-state index in [-0.39, 0.29) is 18.3 Å². The third-order valence-corrected chi connectivity index (χ3v) is 5.31. The minimum Gasteiger partial charge on any atom is -0.492 e. The molecule has 0 spiro atoms. The van der Waals surface area contributed by atoms with E-state index in [1.165, 1.54) is 24.3 Å². The van der Waals surface area contributed by atoms with Gasteiger partial charge in [0.25, 0.3) is 5.91 Å². The number of nitrogens with one attached hydrogen (secondary N) is 1. The van der Waals surface area contributed by atoms with Gasteiger partial charge in [0.05, 0.1) is 18.9 Å². The van der Waals surface area contributed by atoms with Gasteiger partial charge < -0.3 is 19.5 Å². The summed E-state index contributed by atoms with van der Waals surface area (Å²) in [7, 11) is 1.86. The number of carbonyl (C=O) groups is 1. The Morgan fingerprint density at radius 1 is 1.12 bits per heavy atom. The molecule has 1 aliphatic heterocycles. The molecule has 0 radical (unpaired) electrons. The number of carbonyl (C=O) groups excluding carboxylic acids is 1. The van der Waals surface area contributed by atoms with Crippen LogP contribution in [0, 0.1) is 5.82 Å². The standard InChI is InChI=1S/C24H27FN4O4/c1-28-22(8-9-26-28)21-16-19(27-24(30)17-33-20-5-2-18(25)3-6-20)4-7-23(21)32-15-12-29-10-13-31-14-11-29/h2-9,16H,10-15,17H2,1H3,(H,27,30). The first-order valence-electron chi connectivity index (χ1n) is 10.8. The van der Waals surface area contributed by atoms with Crippen molar-refractivity contribution >= 4 is 11.6 Å². The number of anilines is 1. The molecule has 0 saturated carbocycles. The van der Waals surface area contributed by atoms with Crippen LogP contribution in [0.15, 0.2) is 54.7 Å². The zero-order valence-corrected chi connectivity index (χ0v) is 18.5. The summed E-state index contributed by atoms with van der Waals surface area (Å²) in [6, 6.07) is 12.9. The number of ether oxygens (including phenoxy) is 3. The normalized spacial score (nSPS) is 14.1. The summed E-state index contributed by atoms with van der Waals surface area (Å²) in [5.74, 6) is 0.455.